The lowest BCUT2D eigenvalue weighted by atomic mass is 10.3. The summed E-state index contributed by atoms with van der Waals surface area (Å²) < 4.78 is 5.66. The first-order chi connectivity index (χ1) is 8.15. The van der Waals surface area contributed by atoms with Crippen LogP contribution in [0.4, 0.5) is 5.69 Å². The number of amides is 1. The van der Waals surface area contributed by atoms with E-state index in [1.54, 1.807) is 7.05 Å². The second kappa shape index (κ2) is 6.78. The molecule has 0 bridgehead atoms. The number of benzene rings is 1. The molecule has 1 aromatic carbocycles. The van der Waals surface area contributed by atoms with Gasteiger partial charge in [-0.1, -0.05) is 6.92 Å². The topological polar surface area (TPSA) is 50.4 Å². The van der Waals surface area contributed by atoms with Gasteiger partial charge in [-0.05, 0) is 37.6 Å². The molecule has 0 aliphatic carbocycles. The molecular weight excluding hydrogens is 216 g/mol. The summed E-state index contributed by atoms with van der Waals surface area (Å²) in [5, 5.41) is 5.58. The molecule has 0 radical (unpaired) electrons. The Hall–Kier alpha value is -1.71. The highest BCUT2D eigenvalue weighted by Crippen LogP contribution is 2.17. The Labute approximate surface area is 102 Å². The first kappa shape index (κ1) is 13.4. The fourth-order valence-corrected chi connectivity index (χ4v) is 1.24. The van der Waals surface area contributed by atoms with Crippen LogP contribution < -0.4 is 15.4 Å². The second-order valence-electron chi connectivity index (χ2n) is 3.89. The van der Waals surface area contributed by atoms with Crippen LogP contribution in [-0.4, -0.2) is 25.6 Å². The fraction of sp³-hybridized carbons (Fsp3) is 0.462. The number of carbonyl (C=O) groups excluding carboxylic acids is 1. The fourth-order valence-electron chi connectivity index (χ4n) is 1.24. The molecule has 0 aliphatic heterocycles. The zero-order valence-electron chi connectivity index (χ0n) is 10.6. The highest BCUT2D eigenvalue weighted by molar-refractivity contribution is 5.80. The Morgan fingerprint density at radius 2 is 2.00 bits per heavy atom. The quantitative estimate of drug-likeness (QED) is 0.794. The summed E-state index contributed by atoms with van der Waals surface area (Å²) in [5.41, 5.74) is 0.908. The average molecular weight is 236 g/mol. The summed E-state index contributed by atoms with van der Waals surface area (Å²) in [6.45, 7) is 4.41. The van der Waals surface area contributed by atoms with Gasteiger partial charge in [0.2, 0.25) is 5.91 Å². The lowest BCUT2D eigenvalue weighted by Gasteiger charge is -2.13. The molecule has 0 aliphatic rings. The van der Waals surface area contributed by atoms with Gasteiger partial charge in [-0.25, -0.2) is 0 Å². The third-order valence-electron chi connectivity index (χ3n) is 2.50. The van der Waals surface area contributed by atoms with E-state index in [2.05, 4.69) is 17.6 Å². The van der Waals surface area contributed by atoms with E-state index in [0.717, 1.165) is 17.9 Å². The minimum Gasteiger partial charge on any atom is -0.491 e. The maximum Gasteiger partial charge on any atom is 0.239 e. The van der Waals surface area contributed by atoms with Gasteiger partial charge in [0.05, 0.1) is 12.6 Å². The molecular formula is C13H20N2O2. The van der Waals surface area contributed by atoms with Crippen molar-refractivity contribution in [3.05, 3.63) is 24.3 Å². The van der Waals surface area contributed by atoms with Crippen molar-refractivity contribution in [2.45, 2.75) is 26.4 Å². The van der Waals surface area contributed by atoms with Crippen LogP contribution in [0.3, 0.4) is 0 Å². The van der Waals surface area contributed by atoms with Gasteiger partial charge in [0.1, 0.15) is 5.75 Å². The maximum atomic E-state index is 11.0. The Balaban J connectivity index is 2.47. The highest BCUT2D eigenvalue weighted by Gasteiger charge is 2.01. The molecule has 0 aromatic heterocycles. The van der Waals surface area contributed by atoms with E-state index in [0.29, 0.717) is 0 Å². The van der Waals surface area contributed by atoms with Crippen molar-refractivity contribution in [2.24, 2.45) is 0 Å². The van der Waals surface area contributed by atoms with Crippen molar-refractivity contribution in [3.63, 3.8) is 0 Å². The standard InChI is InChI=1S/C13H20N2O2/c1-4-10(2)17-12-7-5-11(6-8-12)15-9-13(16)14-3/h5-8,10,15H,4,9H2,1-3H3,(H,14,16). The van der Waals surface area contributed by atoms with Gasteiger partial charge in [-0.3, -0.25) is 4.79 Å². The number of hydrogen-bond acceptors (Lipinski definition) is 3. The van der Waals surface area contributed by atoms with Crippen molar-refractivity contribution < 1.29 is 9.53 Å². The van der Waals surface area contributed by atoms with Crippen LogP contribution in [-0.2, 0) is 4.79 Å². The zero-order chi connectivity index (χ0) is 12.7. The summed E-state index contributed by atoms with van der Waals surface area (Å²) in [6.07, 6.45) is 1.20. The average Bonchev–Trinajstić information content (AvgIpc) is 2.37. The number of carbonyl (C=O) groups is 1. The molecule has 94 valence electrons. The van der Waals surface area contributed by atoms with Crippen molar-refractivity contribution in [1.29, 1.82) is 0 Å². The van der Waals surface area contributed by atoms with Gasteiger partial charge in [0, 0.05) is 12.7 Å². The number of anilines is 1. The Bertz CT molecular complexity index is 349. The molecule has 1 rings (SSSR count). The van der Waals surface area contributed by atoms with Crippen molar-refractivity contribution in [3.8, 4) is 5.75 Å². The summed E-state index contributed by atoms with van der Waals surface area (Å²) in [6, 6.07) is 7.61. The van der Waals surface area contributed by atoms with Crippen molar-refractivity contribution in [2.75, 3.05) is 18.9 Å². The lowest BCUT2D eigenvalue weighted by molar-refractivity contribution is -0.118. The van der Waals surface area contributed by atoms with Crippen LogP contribution in [0.5, 0.6) is 5.75 Å². The highest BCUT2D eigenvalue weighted by atomic mass is 16.5. The minimum absolute atomic E-state index is 0.0371. The lowest BCUT2D eigenvalue weighted by Crippen LogP contribution is -2.26. The summed E-state index contributed by atoms with van der Waals surface area (Å²) in [4.78, 5) is 11.0. The molecule has 4 nitrogen and oxygen atoms in total. The number of likely N-dealkylation sites (N-methyl/N-ethyl adjacent to an activating group) is 1. The molecule has 0 fully saturated rings. The molecule has 0 heterocycles. The maximum absolute atomic E-state index is 11.0. The molecule has 4 heteroatoms. The third-order valence-corrected chi connectivity index (χ3v) is 2.50. The molecule has 1 atom stereocenters. The molecule has 0 saturated heterocycles. The Kier molecular flexibility index (Phi) is 5.33. The van der Waals surface area contributed by atoms with Crippen LogP contribution in [0.15, 0.2) is 24.3 Å². The minimum atomic E-state index is -0.0371. The molecule has 17 heavy (non-hydrogen) atoms. The number of rotatable bonds is 6. The van der Waals surface area contributed by atoms with Crippen molar-refractivity contribution >= 4 is 11.6 Å². The number of ether oxygens (including phenoxy) is 1. The zero-order valence-corrected chi connectivity index (χ0v) is 10.6. The van der Waals surface area contributed by atoms with E-state index in [1.165, 1.54) is 0 Å². The van der Waals surface area contributed by atoms with Gasteiger partial charge in [-0.15, -0.1) is 0 Å². The van der Waals surface area contributed by atoms with Gasteiger partial charge in [0.25, 0.3) is 0 Å². The van der Waals surface area contributed by atoms with Gasteiger partial charge < -0.3 is 15.4 Å². The van der Waals surface area contributed by atoms with Crippen LogP contribution in [0, 0.1) is 0 Å². The molecule has 1 aromatic rings. The van der Waals surface area contributed by atoms with E-state index in [1.807, 2.05) is 31.2 Å². The SMILES string of the molecule is CCC(C)Oc1ccc(NCC(=O)NC)cc1. The largest absolute Gasteiger partial charge is 0.491 e. The van der Waals surface area contributed by atoms with Gasteiger partial charge >= 0.3 is 0 Å². The van der Waals surface area contributed by atoms with Gasteiger partial charge in [-0.2, -0.15) is 0 Å². The summed E-state index contributed by atoms with van der Waals surface area (Å²) >= 11 is 0. The van der Waals surface area contributed by atoms with Crippen LogP contribution in [0.25, 0.3) is 0 Å². The number of nitrogens with one attached hydrogen (secondary N) is 2. The third kappa shape index (κ3) is 4.76. The Morgan fingerprint density at radius 1 is 1.35 bits per heavy atom. The molecule has 0 saturated carbocycles. The van der Waals surface area contributed by atoms with E-state index in [4.69, 9.17) is 4.74 Å². The van der Waals surface area contributed by atoms with E-state index in [-0.39, 0.29) is 18.6 Å². The summed E-state index contributed by atoms with van der Waals surface area (Å²) in [5.74, 6) is 0.815. The van der Waals surface area contributed by atoms with Crippen LogP contribution in [0.1, 0.15) is 20.3 Å². The first-order valence-electron chi connectivity index (χ1n) is 5.87. The number of hydrogen-bond donors (Lipinski definition) is 2. The molecule has 1 unspecified atom stereocenters. The van der Waals surface area contributed by atoms with Crippen molar-refractivity contribution in [1.82, 2.24) is 5.32 Å². The second-order valence-corrected chi connectivity index (χ2v) is 3.89. The first-order valence-corrected chi connectivity index (χ1v) is 5.87. The van der Waals surface area contributed by atoms with Gasteiger partial charge in [0.15, 0.2) is 0 Å². The predicted octanol–water partition coefficient (Wildman–Crippen LogP) is 2.02. The van der Waals surface area contributed by atoms with Crippen LogP contribution >= 0.6 is 0 Å². The van der Waals surface area contributed by atoms with Crippen LogP contribution in [0.2, 0.25) is 0 Å². The normalized spacial score (nSPS) is 11.7. The predicted molar refractivity (Wildman–Crippen MR) is 69.4 cm³/mol. The van der Waals surface area contributed by atoms with E-state index >= 15 is 0 Å². The van der Waals surface area contributed by atoms with E-state index in [9.17, 15) is 4.79 Å². The molecule has 2 N–H and O–H groups in total. The van der Waals surface area contributed by atoms with E-state index < -0.39 is 0 Å². The molecule has 1 amide bonds. The monoisotopic (exact) mass is 236 g/mol. The smallest absolute Gasteiger partial charge is 0.239 e. The summed E-state index contributed by atoms with van der Waals surface area (Å²) in [7, 11) is 1.62. The Morgan fingerprint density at radius 3 is 2.53 bits per heavy atom. The molecule has 0 spiro atoms.